The molecule has 1 aromatic carbocycles. The van der Waals surface area contributed by atoms with Crippen molar-refractivity contribution in [2.75, 3.05) is 6.61 Å². The molecule has 0 saturated heterocycles. The van der Waals surface area contributed by atoms with Gasteiger partial charge < -0.3 is 4.74 Å². The third kappa shape index (κ3) is 2.88. The van der Waals surface area contributed by atoms with Gasteiger partial charge in [0.15, 0.2) is 5.82 Å². The molecule has 0 aliphatic carbocycles. The Morgan fingerprint density at radius 3 is 2.79 bits per heavy atom. The number of hydrogen-bond donors (Lipinski definition) is 0. The Morgan fingerprint density at radius 1 is 1.42 bits per heavy atom. The van der Waals surface area contributed by atoms with Gasteiger partial charge in [-0.05, 0) is 34.5 Å². The van der Waals surface area contributed by atoms with Crippen LogP contribution in [0.2, 0.25) is 0 Å². The van der Waals surface area contributed by atoms with E-state index in [1.807, 2.05) is 6.07 Å². The van der Waals surface area contributed by atoms with Crippen LogP contribution in [0.25, 0.3) is 11.4 Å². The minimum absolute atomic E-state index is 0.411. The van der Waals surface area contributed by atoms with Crippen LogP contribution in [0.1, 0.15) is 19.4 Å². The maximum atomic E-state index is 9.19. The molecule has 98 valence electrons. The van der Waals surface area contributed by atoms with Gasteiger partial charge in [-0.3, -0.25) is 0 Å². The summed E-state index contributed by atoms with van der Waals surface area (Å²) in [5.74, 6) is 1.62. The molecule has 0 radical (unpaired) electrons. The molecule has 19 heavy (non-hydrogen) atoms. The summed E-state index contributed by atoms with van der Waals surface area (Å²) in [6.07, 6.45) is 0. The monoisotopic (exact) mass is 257 g/mol. The molecule has 1 aromatic heterocycles. The summed E-state index contributed by atoms with van der Waals surface area (Å²) >= 11 is 0. The van der Waals surface area contributed by atoms with E-state index in [0.717, 1.165) is 5.56 Å². The van der Waals surface area contributed by atoms with Gasteiger partial charge in [0.25, 0.3) is 0 Å². The van der Waals surface area contributed by atoms with E-state index in [1.165, 1.54) is 0 Å². The lowest BCUT2D eigenvalue weighted by molar-refractivity contribution is 0.270. The number of hydrogen-bond acceptors (Lipinski definition) is 5. The number of nitriles is 1. The molecule has 0 amide bonds. The van der Waals surface area contributed by atoms with Crippen molar-refractivity contribution >= 4 is 0 Å². The highest BCUT2D eigenvalue weighted by molar-refractivity contribution is 5.61. The predicted molar refractivity (Wildman–Crippen MR) is 69.3 cm³/mol. The van der Waals surface area contributed by atoms with Gasteiger partial charge in [-0.15, -0.1) is 5.10 Å². The van der Waals surface area contributed by atoms with Crippen LogP contribution in [0.15, 0.2) is 18.2 Å². The summed E-state index contributed by atoms with van der Waals surface area (Å²) in [6, 6.07) is 7.51. The average molecular weight is 257 g/mol. The van der Waals surface area contributed by atoms with Crippen molar-refractivity contribution in [3.63, 3.8) is 0 Å². The van der Waals surface area contributed by atoms with Gasteiger partial charge in [-0.25, -0.2) is 4.68 Å². The highest BCUT2D eigenvalue weighted by atomic mass is 16.5. The SMILES string of the molecule is CC(C)COc1ccc(-c2nnnn2C)cc1C#N. The zero-order chi connectivity index (χ0) is 13.8. The van der Waals surface area contributed by atoms with Gasteiger partial charge in [0.2, 0.25) is 0 Å². The van der Waals surface area contributed by atoms with Crippen molar-refractivity contribution in [1.82, 2.24) is 20.2 Å². The van der Waals surface area contributed by atoms with Gasteiger partial charge in [0.1, 0.15) is 11.8 Å². The van der Waals surface area contributed by atoms with Gasteiger partial charge in [-0.1, -0.05) is 13.8 Å². The first-order valence-electron chi connectivity index (χ1n) is 6.01. The van der Waals surface area contributed by atoms with Crippen LogP contribution in [-0.4, -0.2) is 26.8 Å². The quantitative estimate of drug-likeness (QED) is 0.834. The molecule has 0 bridgehead atoms. The molecule has 2 rings (SSSR count). The molecule has 2 aromatic rings. The van der Waals surface area contributed by atoms with Crippen molar-refractivity contribution in [3.8, 4) is 23.2 Å². The molecular weight excluding hydrogens is 242 g/mol. The highest BCUT2D eigenvalue weighted by Gasteiger charge is 2.10. The smallest absolute Gasteiger partial charge is 0.181 e. The third-order valence-corrected chi connectivity index (χ3v) is 2.55. The maximum Gasteiger partial charge on any atom is 0.181 e. The molecule has 0 unspecified atom stereocenters. The van der Waals surface area contributed by atoms with E-state index in [4.69, 9.17) is 4.74 Å². The molecule has 0 fully saturated rings. The lowest BCUT2D eigenvalue weighted by Crippen LogP contribution is -2.05. The Labute approximate surface area is 111 Å². The lowest BCUT2D eigenvalue weighted by Gasteiger charge is -2.10. The molecule has 0 atom stereocenters. The first-order chi connectivity index (χ1) is 9.11. The highest BCUT2D eigenvalue weighted by Crippen LogP contribution is 2.24. The zero-order valence-corrected chi connectivity index (χ0v) is 11.2. The second-order valence-corrected chi connectivity index (χ2v) is 4.65. The van der Waals surface area contributed by atoms with Crippen LogP contribution < -0.4 is 4.74 Å². The number of benzene rings is 1. The van der Waals surface area contributed by atoms with Crippen molar-refractivity contribution < 1.29 is 4.74 Å². The number of aryl methyl sites for hydroxylation is 1. The normalized spacial score (nSPS) is 10.5. The topological polar surface area (TPSA) is 76.6 Å². The van der Waals surface area contributed by atoms with Crippen LogP contribution >= 0.6 is 0 Å². The third-order valence-electron chi connectivity index (χ3n) is 2.55. The fourth-order valence-electron chi connectivity index (χ4n) is 1.61. The molecule has 0 saturated carbocycles. The van der Waals surface area contributed by atoms with Crippen LogP contribution in [0.5, 0.6) is 5.75 Å². The first-order valence-corrected chi connectivity index (χ1v) is 6.01. The summed E-state index contributed by atoms with van der Waals surface area (Å²) in [5.41, 5.74) is 1.28. The van der Waals surface area contributed by atoms with Crippen molar-refractivity contribution in [2.45, 2.75) is 13.8 Å². The Hall–Kier alpha value is -2.42. The average Bonchev–Trinajstić information content (AvgIpc) is 2.82. The Bertz CT molecular complexity index is 612. The van der Waals surface area contributed by atoms with E-state index in [2.05, 4.69) is 35.4 Å². The van der Waals surface area contributed by atoms with E-state index >= 15 is 0 Å². The Kier molecular flexibility index (Phi) is 3.76. The summed E-state index contributed by atoms with van der Waals surface area (Å²) < 4.78 is 7.17. The summed E-state index contributed by atoms with van der Waals surface area (Å²) in [7, 11) is 1.75. The number of aromatic nitrogens is 4. The molecular formula is C13H15N5O. The first kappa shape index (κ1) is 13.0. The minimum Gasteiger partial charge on any atom is -0.492 e. The van der Waals surface area contributed by atoms with Crippen LogP contribution in [0, 0.1) is 17.2 Å². The van der Waals surface area contributed by atoms with E-state index in [0.29, 0.717) is 29.7 Å². The fraction of sp³-hybridized carbons (Fsp3) is 0.385. The van der Waals surface area contributed by atoms with E-state index < -0.39 is 0 Å². The van der Waals surface area contributed by atoms with Gasteiger partial charge >= 0.3 is 0 Å². The molecule has 6 heteroatoms. The van der Waals surface area contributed by atoms with Crippen LogP contribution in [0.4, 0.5) is 0 Å². The second-order valence-electron chi connectivity index (χ2n) is 4.65. The lowest BCUT2D eigenvalue weighted by atomic mass is 10.1. The second kappa shape index (κ2) is 5.48. The summed E-state index contributed by atoms with van der Waals surface area (Å²) in [4.78, 5) is 0. The largest absolute Gasteiger partial charge is 0.492 e. The van der Waals surface area contributed by atoms with E-state index in [9.17, 15) is 5.26 Å². The van der Waals surface area contributed by atoms with Crippen molar-refractivity contribution in [2.24, 2.45) is 13.0 Å². The number of ether oxygens (including phenoxy) is 1. The number of rotatable bonds is 4. The minimum atomic E-state index is 0.411. The summed E-state index contributed by atoms with van der Waals surface area (Å²) in [6.45, 7) is 4.71. The van der Waals surface area contributed by atoms with Crippen LogP contribution in [-0.2, 0) is 7.05 Å². The zero-order valence-electron chi connectivity index (χ0n) is 11.2. The van der Waals surface area contributed by atoms with Gasteiger partial charge in [0.05, 0.1) is 12.2 Å². The van der Waals surface area contributed by atoms with Crippen molar-refractivity contribution in [3.05, 3.63) is 23.8 Å². The molecule has 0 spiro atoms. The molecule has 6 nitrogen and oxygen atoms in total. The Morgan fingerprint density at radius 2 is 2.21 bits per heavy atom. The molecule has 0 aliphatic rings. The number of tetrazole rings is 1. The molecule has 1 heterocycles. The summed E-state index contributed by atoms with van der Waals surface area (Å²) in [5, 5.41) is 20.5. The van der Waals surface area contributed by atoms with E-state index in [1.54, 1.807) is 23.9 Å². The van der Waals surface area contributed by atoms with Crippen molar-refractivity contribution in [1.29, 1.82) is 5.26 Å². The predicted octanol–water partition coefficient (Wildman–Crippen LogP) is 1.78. The Balaban J connectivity index is 2.32. The van der Waals surface area contributed by atoms with Crippen LogP contribution in [0.3, 0.4) is 0 Å². The van der Waals surface area contributed by atoms with Gasteiger partial charge in [-0.2, -0.15) is 5.26 Å². The fourth-order valence-corrected chi connectivity index (χ4v) is 1.61. The molecule has 0 N–H and O–H groups in total. The van der Waals surface area contributed by atoms with E-state index in [-0.39, 0.29) is 0 Å². The van der Waals surface area contributed by atoms with Gasteiger partial charge in [0, 0.05) is 12.6 Å². The standard InChI is InChI=1S/C13H15N5O/c1-9(2)8-19-12-5-4-10(6-11(12)7-14)13-15-16-17-18(13)3/h4-6,9H,8H2,1-3H3. The number of nitrogens with zero attached hydrogens (tertiary/aromatic N) is 5. The maximum absolute atomic E-state index is 9.19. The molecule has 0 aliphatic heterocycles.